The fraction of sp³-hybridized carbons (Fsp3) is 0.385. The van der Waals surface area contributed by atoms with Gasteiger partial charge in [0.25, 0.3) is 0 Å². The van der Waals surface area contributed by atoms with Crippen molar-refractivity contribution in [1.29, 1.82) is 0 Å². The van der Waals surface area contributed by atoms with E-state index in [0.29, 0.717) is 0 Å². The van der Waals surface area contributed by atoms with Crippen LogP contribution in [0.3, 0.4) is 0 Å². The topological polar surface area (TPSA) is 70.7 Å². The minimum atomic E-state index is -0.290. The Labute approximate surface area is 108 Å². The van der Waals surface area contributed by atoms with Gasteiger partial charge in [-0.05, 0) is 24.5 Å². The molecule has 98 valence electrons. The molecule has 0 bridgehead atoms. The number of aliphatic imine (C=N–C) groups is 1. The zero-order valence-electron chi connectivity index (χ0n) is 11.3. The molecule has 1 aromatic carbocycles. The van der Waals surface area contributed by atoms with Crippen LogP contribution >= 0.6 is 0 Å². The van der Waals surface area contributed by atoms with Gasteiger partial charge in [-0.1, -0.05) is 25.1 Å². The third kappa shape index (κ3) is 3.00. The van der Waals surface area contributed by atoms with Crippen molar-refractivity contribution in [2.45, 2.75) is 20.3 Å². The highest BCUT2D eigenvalue weighted by Gasteiger charge is 2.16. The zero-order chi connectivity index (χ0) is 13.7. The number of benzene rings is 1. The number of nitrogens with zero attached hydrogens (tertiary/aromatic N) is 2. The number of rotatable bonds is 2. The van der Waals surface area contributed by atoms with Gasteiger partial charge >= 0.3 is 6.03 Å². The number of urea groups is 1. The second kappa shape index (κ2) is 6.05. The second-order valence-electron chi connectivity index (χ2n) is 4.03. The number of nitrogens with two attached hydrogens (primary N) is 1. The molecule has 1 rings (SSSR count). The molecule has 0 atom stereocenters. The quantitative estimate of drug-likeness (QED) is 0.617. The van der Waals surface area contributed by atoms with Crippen molar-refractivity contribution >= 4 is 17.7 Å². The van der Waals surface area contributed by atoms with Crippen LogP contribution < -0.4 is 16.0 Å². The van der Waals surface area contributed by atoms with E-state index in [1.807, 2.05) is 25.1 Å². The molecule has 3 N–H and O–H groups in total. The van der Waals surface area contributed by atoms with Crippen molar-refractivity contribution in [3.8, 4) is 0 Å². The van der Waals surface area contributed by atoms with Crippen LogP contribution in [0.2, 0.25) is 0 Å². The van der Waals surface area contributed by atoms with Crippen LogP contribution in [0.5, 0.6) is 0 Å². The van der Waals surface area contributed by atoms with Gasteiger partial charge in [-0.3, -0.25) is 15.2 Å². The lowest BCUT2D eigenvalue weighted by Gasteiger charge is -2.22. The van der Waals surface area contributed by atoms with Crippen molar-refractivity contribution in [2.75, 3.05) is 19.0 Å². The number of carbonyl (C=O) groups excluding carboxylic acids is 1. The molecule has 1 aromatic rings. The first-order valence-corrected chi connectivity index (χ1v) is 5.86. The number of hydrogen-bond donors (Lipinski definition) is 2. The smallest absolute Gasteiger partial charge is 0.328 e. The highest BCUT2D eigenvalue weighted by molar-refractivity contribution is 6.03. The number of para-hydroxylation sites is 1. The Morgan fingerprint density at radius 3 is 2.72 bits per heavy atom. The van der Waals surface area contributed by atoms with E-state index in [1.54, 1.807) is 11.9 Å². The van der Waals surface area contributed by atoms with Crippen molar-refractivity contribution in [3.05, 3.63) is 29.3 Å². The molecular weight excluding hydrogens is 228 g/mol. The minimum Gasteiger partial charge on any atom is -0.370 e. The molecule has 2 amide bonds. The molecule has 0 fully saturated rings. The number of nitrogens with one attached hydrogen (secondary N) is 1. The van der Waals surface area contributed by atoms with Gasteiger partial charge in [0.05, 0.1) is 5.69 Å². The predicted octanol–water partition coefficient (Wildman–Crippen LogP) is 1.65. The maximum Gasteiger partial charge on any atom is 0.328 e. The average Bonchev–Trinajstić information content (AvgIpc) is 2.37. The Bertz CT molecular complexity index is 468. The Kier molecular flexibility index (Phi) is 4.71. The molecular formula is C13H20N4O. The van der Waals surface area contributed by atoms with Gasteiger partial charge in [-0.2, -0.15) is 0 Å². The van der Waals surface area contributed by atoms with Gasteiger partial charge in [-0.25, -0.2) is 4.79 Å². The van der Waals surface area contributed by atoms with Crippen LogP contribution in [0.15, 0.2) is 23.2 Å². The first-order chi connectivity index (χ1) is 8.51. The van der Waals surface area contributed by atoms with E-state index in [2.05, 4.69) is 17.2 Å². The summed E-state index contributed by atoms with van der Waals surface area (Å²) >= 11 is 0. The minimum absolute atomic E-state index is 0.110. The highest BCUT2D eigenvalue weighted by Crippen LogP contribution is 2.24. The van der Waals surface area contributed by atoms with E-state index in [9.17, 15) is 4.79 Å². The molecule has 0 saturated heterocycles. The van der Waals surface area contributed by atoms with Crippen LogP contribution in [-0.2, 0) is 6.42 Å². The Hall–Kier alpha value is -2.04. The van der Waals surface area contributed by atoms with Crippen molar-refractivity contribution in [1.82, 2.24) is 5.32 Å². The lowest BCUT2D eigenvalue weighted by atomic mass is 10.1. The van der Waals surface area contributed by atoms with Crippen molar-refractivity contribution < 1.29 is 4.79 Å². The molecule has 0 unspecified atom stereocenters. The third-order valence-corrected chi connectivity index (χ3v) is 2.82. The molecule has 0 aliphatic heterocycles. The summed E-state index contributed by atoms with van der Waals surface area (Å²) in [5, 5.41) is 2.52. The maximum absolute atomic E-state index is 12.0. The summed E-state index contributed by atoms with van der Waals surface area (Å²) in [4.78, 5) is 17.3. The van der Waals surface area contributed by atoms with Gasteiger partial charge in [0.2, 0.25) is 0 Å². The lowest BCUT2D eigenvalue weighted by Crippen LogP contribution is -2.44. The fourth-order valence-corrected chi connectivity index (χ4v) is 1.84. The van der Waals surface area contributed by atoms with Gasteiger partial charge in [0.1, 0.15) is 0 Å². The molecule has 5 nitrogen and oxygen atoms in total. The van der Waals surface area contributed by atoms with E-state index in [1.165, 1.54) is 7.05 Å². The third-order valence-electron chi connectivity index (χ3n) is 2.82. The first-order valence-electron chi connectivity index (χ1n) is 5.86. The van der Waals surface area contributed by atoms with E-state index in [-0.39, 0.29) is 12.0 Å². The number of guanidine groups is 1. The summed E-state index contributed by atoms with van der Waals surface area (Å²) in [6, 6.07) is 5.70. The van der Waals surface area contributed by atoms with Gasteiger partial charge < -0.3 is 5.73 Å². The SMILES string of the molecule is CCc1cccc(C)c1N(C)C(=O)NC(N)=NC. The van der Waals surface area contributed by atoms with Crippen LogP contribution in [-0.4, -0.2) is 26.1 Å². The normalized spacial score (nSPS) is 11.2. The summed E-state index contributed by atoms with van der Waals surface area (Å²) < 4.78 is 0. The summed E-state index contributed by atoms with van der Waals surface area (Å²) in [5.41, 5.74) is 8.59. The Morgan fingerprint density at radius 1 is 1.50 bits per heavy atom. The van der Waals surface area contributed by atoms with E-state index in [0.717, 1.165) is 23.2 Å². The van der Waals surface area contributed by atoms with Crippen LogP contribution in [0.1, 0.15) is 18.1 Å². The van der Waals surface area contributed by atoms with Gasteiger partial charge in [0.15, 0.2) is 5.96 Å². The second-order valence-corrected chi connectivity index (χ2v) is 4.03. The number of amides is 2. The van der Waals surface area contributed by atoms with Crippen molar-refractivity contribution in [2.24, 2.45) is 10.7 Å². The monoisotopic (exact) mass is 248 g/mol. The highest BCUT2D eigenvalue weighted by atomic mass is 16.2. The van der Waals surface area contributed by atoms with E-state index in [4.69, 9.17) is 5.73 Å². The molecule has 0 aromatic heterocycles. The summed E-state index contributed by atoms with van der Waals surface area (Å²) in [7, 11) is 3.25. The zero-order valence-corrected chi connectivity index (χ0v) is 11.3. The number of carbonyl (C=O) groups is 1. The molecule has 0 heterocycles. The molecule has 0 saturated carbocycles. The van der Waals surface area contributed by atoms with E-state index < -0.39 is 0 Å². The molecule has 5 heteroatoms. The summed E-state index contributed by atoms with van der Waals surface area (Å²) in [6.07, 6.45) is 0.867. The maximum atomic E-state index is 12.0. The first kappa shape index (κ1) is 14.0. The summed E-state index contributed by atoms with van der Waals surface area (Å²) in [5.74, 6) is 0.110. The number of hydrogen-bond acceptors (Lipinski definition) is 2. The van der Waals surface area contributed by atoms with Crippen LogP contribution in [0.4, 0.5) is 10.5 Å². The lowest BCUT2D eigenvalue weighted by molar-refractivity contribution is 0.251. The standard InChI is InChI=1S/C13H20N4O/c1-5-10-8-6-7-9(2)11(10)17(4)13(18)16-12(14)15-3/h6-8H,5H2,1-4H3,(H3,14,15,16,18). The molecule has 0 radical (unpaired) electrons. The molecule has 0 aliphatic carbocycles. The number of anilines is 1. The number of aryl methyl sites for hydroxylation is 2. The predicted molar refractivity (Wildman–Crippen MR) is 75.0 cm³/mol. The van der Waals surface area contributed by atoms with Gasteiger partial charge in [-0.15, -0.1) is 0 Å². The summed E-state index contributed by atoms with van der Waals surface area (Å²) in [6.45, 7) is 4.04. The largest absolute Gasteiger partial charge is 0.370 e. The van der Waals surface area contributed by atoms with Crippen molar-refractivity contribution in [3.63, 3.8) is 0 Å². The Balaban J connectivity index is 3.03. The van der Waals surface area contributed by atoms with Crippen LogP contribution in [0, 0.1) is 6.92 Å². The van der Waals surface area contributed by atoms with E-state index >= 15 is 0 Å². The molecule has 0 spiro atoms. The fourth-order valence-electron chi connectivity index (χ4n) is 1.84. The van der Waals surface area contributed by atoms with Crippen LogP contribution in [0.25, 0.3) is 0 Å². The average molecular weight is 248 g/mol. The molecule has 0 aliphatic rings. The molecule has 18 heavy (non-hydrogen) atoms. The van der Waals surface area contributed by atoms with Gasteiger partial charge in [0, 0.05) is 14.1 Å². The Morgan fingerprint density at radius 2 is 2.17 bits per heavy atom.